The van der Waals surface area contributed by atoms with Crippen molar-refractivity contribution in [2.75, 3.05) is 11.9 Å². The van der Waals surface area contributed by atoms with Crippen molar-refractivity contribution in [1.82, 2.24) is 4.98 Å². The molecule has 0 spiro atoms. The van der Waals surface area contributed by atoms with E-state index < -0.39 is 0 Å². The number of anilines is 1. The first-order valence-electron chi connectivity index (χ1n) is 6.91. The lowest BCUT2D eigenvalue weighted by Crippen LogP contribution is -2.06. The third-order valence-corrected chi connectivity index (χ3v) is 5.03. The van der Waals surface area contributed by atoms with Crippen LogP contribution in [0.4, 0.5) is 5.69 Å². The Morgan fingerprint density at radius 2 is 2.00 bits per heavy atom. The summed E-state index contributed by atoms with van der Waals surface area (Å²) in [4.78, 5) is 4.77. The van der Waals surface area contributed by atoms with E-state index in [1.54, 1.807) is 0 Å². The van der Waals surface area contributed by atoms with Crippen LogP contribution in [0.25, 0.3) is 0 Å². The molecule has 2 aromatic rings. The van der Waals surface area contributed by atoms with Gasteiger partial charge in [-0.15, -0.1) is 11.3 Å². The average molecular weight is 272 g/mol. The minimum absolute atomic E-state index is 0.410. The van der Waals surface area contributed by atoms with Crippen LogP contribution < -0.4 is 5.32 Å². The fraction of sp³-hybridized carbons (Fsp3) is 0.438. The van der Waals surface area contributed by atoms with Crippen LogP contribution in [0.15, 0.2) is 29.6 Å². The molecule has 0 saturated heterocycles. The van der Waals surface area contributed by atoms with Crippen molar-refractivity contribution < 1.29 is 0 Å². The van der Waals surface area contributed by atoms with E-state index in [1.807, 2.05) is 11.3 Å². The van der Waals surface area contributed by atoms with Crippen LogP contribution in [0.2, 0.25) is 0 Å². The van der Waals surface area contributed by atoms with Crippen LogP contribution in [0, 0.1) is 6.92 Å². The molecule has 1 aromatic carbocycles. The maximum absolute atomic E-state index is 4.77. The van der Waals surface area contributed by atoms with Crippen molar-refractivity contribution in [3.63, 3.8) is 0 Å². The monoisotopic (exact) mass is 272 g/mol. The lowest BCUT2D eigenvalue weighted by atomic mass is 10.2. The van der Waals surface area contributed by atoms with E-state index in [0.29, 0.717) is 5.41 Å². The highest BCUT2D eigenvalue weighted by Gasteiger charge is 2.41. The molecule has 0 aliphatic heterocycles. The summed E-state index contributed by atoms with van der Waals surface area (Å²) in [5, 5.41) is 7.00. The van der Waals surface area contributed by atoms with Crippen molar-refractivity contribution in [3.05, 3.63) is 45.9 Å². The van der Waals surface area contributed by atoms with E-state index in [9.17, 15) is 0 Å². The second-order valence-electron chi connectivity index (χ2n) is 5.75. The fourth-order valence-electron chi connectivity index (χ4n) is 2.11. The van der Waals surface area contributed by atoms with Gasteiger partial charge in [0, 0.05) is 29.4 Å². The quantitative estimate of drug-likeness (QED) is 0.884. The number of aryl methyl sites for hydroxylation is 1. The van der Waals surface area contributed by atoms with E-state index in [4.69, 9.17) is 4.98 Å². The van der Waals surface area contributed by atoms with Crippen molar-refractivity contribution in [1.29, 1.82) is 0 Å². The molecule has 1 aromatic heterocycles. The van der Waals surface area contributed by atoms with Gasteiger partial charge in [0.05, 0.1) is 10.7 Å². The molecule has 3 rings (SSSR count). The second-order valence-corrected chi connectivity index (χ2v) is 6.61. The molecular formula is C16H20N2S. The minimum atomic E-state index is 0.410. The first-order valence-corrected chi connectivity index (χ1v) is 7.79. The highest BCUT2D eigenvalue weighted by molar-refractivity contribution is 7.09. The third-order valence-electron chi connectivity index (χ3n) is 3.83. The summed E-state index contributed by atoms with van der Waals surface area (Å²) in [6.07, 6.45) is 3.61. The van der Waals surface area contributed by atoms with Crippen molar-refractivity contribution in [2.45, 2.75) is 38.5 Å². The number of hydrogen-bond donors (Lipinski definition) is 1. The molecule has 0 bridgehead atoms. The number of nitrogens with zero attached hydrogens (tertiary/aromatic N) is 1. The molecular weight excluding hydrogens is 252 g/mol. The van der Waals surface area contributed by atoms with Crippen LogP contribution in [-0.2, 0) is 11.8 Å². The van der Waals surface area contributed by atoms with Crippen molar-refractivity contribution >= 4 is 17.0 Å². The van der Waals surface area contributed by atoms with Gasteiger partial charge in [0.1, 0.15) is 0 Å². The van der Waals surface area contributed by atoms with Gasteiger partial charge in [0.2, 0.25) is 0 Å². The first-order chi connectivity index (χ1) is 9.16. The van der Waals surface area contributed by atoms with Crippen LogP contribution in [-0.4, -0.2) is 11.5 Å². The average Bonchev–Trinajstić information content (AvgIpc) is 2.98. The highest BCUT2D eigenvalue weighted by Crippen LogP contribution is 2.48. The Kier molecular flexibility index (Phi) is 3.31. The highest BCUT2D eigenvalue weighted by atomic mass is 32.1. The Balaban J connectivity index is 1.52. The minimum Gasteiger partial charge on any atom is -0.385 e. The number of thiazole rings is 1. The van der Waals surface area contributed by atoms with Gasteiger partial charge < -0.3 is 5.32 Å². The summed E-state index contributed by atoms with van der Waals surface area (Å²) in [6, 6.07) is 8.54. The Labute approximate surface area is 118 Å². The summed E-state index contributed by atoms with van der Waals surface area (Å²) >= 11 is 1.83. The molecule has 0 amide bonds. The molecule has 0 unspecified atom stereocenters. The third kappa shape index (κ3) is 2.98. The standard InChI is InChI=1S/C16H20N2S/c1-12-3-5-13(6-4-12)17-10-7-14-11-19-15(18-14)16(2)8-9-16/h3-6,11,17H,7-10H2,1-2H3. The topological polar surface area (TPSA) is 24.9 Å². The smallest absolute Gasteiger partial charge is 0.0987 e. The predicted octanol–water partition coefficient (Wildman–Crippen LogP) is 4.16. The van der Waals surface area contributed by atoms with Gasteiger partial charge in [0.15, 0.2) is 0 Å². The normalized spacial score (nSPS) is 16.3. The van der Waals surface area contributed by atoms with Gasteiger partial charge in [0.25, 0.3) is 0 Å². The van der Waals surface area contributed by atoms with E-state index in [-0.39, 0.29) is 0 Å². The lowest BCUT2D eigenvalue weighted by molar-refractivity contribution is 0.767. The molecule has 0 radical (unpaired) electrons. The summed E-state index contributed by atoms with van der Waals surface area (Å²) in [5.74, 6) is 0. The Morgan fingerprint density at radius 1 is 1.26 bits per heavy atom. The zero-order chi connectivity index (χ0) is 13.3. The maximum Gasteiger partial charge on any atom is 0.0987 e. The number of benzene rings is 1. The molecule has 1 saturated carbocycles. The van der Waals surface area contributed by atoms with Crippen LogP contribution in [0.5, 0.6) is 0 Å². The summed E-state index contributed by atoms with van der Waals surface area (Å²) in [6.45, 7) is 5.38. The van der Waals surface area contributed by atoms with Crippen LogP contribution in [0.1, 0.15) is 36.0 Å². The zero-order valence-electron chi connectivity index (χ0n) is 11.6. The maximum atomic E-state index is 4.77. The van der Waals surface area contributed by atoms with Gasteiger partial charge in [-0.25, -0.2) is 4.98 Å². The van der Waals surface area contributed by atoms with E-state index in [0.717, 1.165) is 13.0 Å². The van der Waals surface area contributed by atoms with Crippen molar-refractivity contribution in [3.8, 4) is 0 Å². The summed E-state index contributed by atoms with van der Waals surface area (Å²) in [5.41, 5.74) is 4.13. The summed E-state index contributed by atoms with van der Waals surface area (Å²) in [7, 11) is 0. The Morgan fingerprint density at radius 3 is 2.68 bits per heavy atom. The van der Waals surface area contributed by atoms with E-state index in [1.165, 1.54) is 34.8 Å². The molecule has 1 heterocycles. The molecule has 1 fully saturated rings. The molecule has 100 valence electrons. The number of aromatic nitrogens is 1. The molecule has 1 aliphatic carbocycles. The van der Waals surface area contributed by atoms with E-state index >= 15 is 0 Å². The van der Waals surface area contributed by atoms with Crippen LogP contribution in [0.3, 0.4) is 0 Å². The second kappa shape index (κ2) is 4.97. The van der Waals surface area contributed by atoms with Gasteiger partial charge in [-0.1, -0.05) is 24.6 Å². The van der Waals surface area contributed by atoms with Gasteiger partial charge in [-0.3, -0.25) is 0 Å². The molecule has 1 aliphatic rings. The molecule has 0 atom stereocenters. The molecule has 3 heteroatoms. The molecule has 1 N–H and O–H groups in total. The Bertz CT molecular complexity index is 552. The van der Waals surface area contributed by atoms with Gasteiger partial charge >= 0.3 is 0 Å². The van der Waals surface area contributed by atoms with Gasteiger partial charge in [-0.05, 0) is 31.9 Å². The zero-order valence-corrected chi connectivity index (χ0v) is 12.4. The molecule has 2 nitrogen and oxygen atoms in total. The fourth-order valence-corrected chi connectivity index (χ4v) is 3.18. The van der Waals surface area contributed by atoms with Crippen LogP contribution >= 0.6 is 11.3 Å². The number of rotatable bonds is 5. The number of nitrogens with one attached hydrogen (secondary N) is 1. The SMILES string of the molecule is Cc1ccc(NCCc2csc(C3(C)CC3)n2)cc1. The summed E-state index contributed by atoms with van der Waals surface area (Å²) < 4.78 is 0. The Hall–Kier alpha value is -1.35. The van der Waals surface area contributed by atoms with E-state index in [2.05, 4.69) is 48.8 Å². The van der Waals surface area contributed by atoms with Crippen molar-refractivity contribution in [2.24, 2.45) is 0 Å². The lowest BCUT2D eigenvalue weighted by Gasteiger charge is -2.05. The largest absolute Gasteiger partial charge is 0.385 e. The van der Waals surface area contributed by atoms with Gasteiger partial charge in [-0.2, -0.15) is 0 Å². The first kappa shape index (κ1) is 12.7. The predicted molar refractivity (Wildman–Crippen MR) is 82.1 cm³/mol. The number of hydrogen-bond acceptors (Lipinski definition) is 3. The molecule has 19 heavy (non-hydrogen) atoms.